The summed E-state index contributed by atoms with van der Waals surface area (Å²) in [6.45, 7) is 1.16. The van der Waals surface area contributed by atoms with Crippen molar-refractivity contribution in [2.45, 2.75) is 11.8 Å². The standard InChI is InChI=1S/C14H18ClNO3S2/c1-21(18,19)14-10-20-8-7-16(14)6-5-13(17)11-3-2-4-12(15)9-11/h2-4,9,14H,5-8,10H2,1H3. The van der Waals surface area contributed by atoms with Crippen LogP contribution in [0.1, 0.15) is 16.8 Å². The van der Waals surface area contributed by atoms with Crippen molar-refractivity contribution >= 4 is 39.0 Å². The SMILES string of the molecule is CS(=O)(=O)C1CSCCN1CCC(=O)c1cccc(Cl)c1. The number of rotatable bonds is 5. The van der Waals surface area contributed by atoms with E-state index in [1.807, 2.05) is 4.90 Å². The second-order valence-electron chi connectivity index (χ2n) is 5.08. The molecule has 0 bridgehead atoms. The second kappa shape index (κ2) is 7.13. The van der Waals surface area contributed by atoms with Crippen LogP contribution in [0.3, 0.4) is 0 Å². The minimum atomic E-state index is -3.12. The van der Waals surface area contributed by atoms with Gasteiger partial charge in [-0.25, -0.2) is 8.42 Å². The van der Waals surface area contributed by atoms with E-state index < -0.39 is 15.2 Å². The van der Waals surface area contributed by atoms with Crippen LogP contribution >= 0.6 is 23.4 Å². The lowest BCUT2D eigenvalue weighted by Gasteiger charge is -2.33. The number of hydrogen-bond acceptors (Lipinski definition) is 5. The fourth-order valence-corrected chi connectivity index (χ4v) is 5.48. The maximum atomic E-state index is 12.2. The zero-order valence-corrected chi connectivity index (χ0v) is 14.2. The van der Waals surface area contributed by atoms with Gasteiger partial charge >= 0.3 is 0 Å². The number of Topliss-reactive ketones (excluding diaryl/α,β-unsaturated/α-hetero) is 1. The molecule has 1 saturated heterocycles. The van der Waals surface area contributed by atoms with Crippen LogP contribution in [0.5, 0.6) is 0 Å². The van der Waals surface area contributed by atoms with Gasteiger partial charge in [0.2, 0.25) is 0 Å². The fourth-order valence-electron chi connectivity index (χ4n) is 2.32. The van der Waals surface area contributed by atoms with Crippen LogP contribution in [-0.2, 0) is 9.84 Å². The molecule has 1 aromatic rings. The summed E-state index contributed by atoms with van der Waals surface area (Å²) in [4.78, 5) is 14.1. The lowest BCUT2D eigenvalue weighted by atomic mass is 10.1. The third kappa shape index (κ3) is 4.71. The normalized spacial score (nSPS) is 20.4. The molecule has 1 heterocycles. The molecular weight excluding hydrogens is 330 g/mol. The highest BCUT2D eigenvalue weighted by atomic mass is 35.5. The Hall–Kier alpha value is -0.560. The van der Waals surface area contributed by atoms with E-state index in [9.17, 15) is 13.2 Å². The van der Waals surface area contributed by atoms with E-state index in [1.165, 1.54) is 6.26 Å². The Bertz CT molecular complexity index is 618. The van der Waals surface area contributed by atoms with Gasteiger partial charge in [-0.1, -0.05) is 23.7 Å². The number of carbonyl (C=O) groups excluding carboxylic acids is 1. The van der Waals surface area contributed by atoms with Gasteiger partial charge in [0.05, 0.1) is 0 Å². The molecule has 2 rings (SSSR count). The first kappa shape index (κ1) is 16.8. The Labute approximate surface area is 134 Å². The zero-order valence-electron chi connectivity index (χ0n) is 11.8. The Morgan fingerprint density at radius 2 is 2.24 bits per heavy atom. The minimum Gasteiger partial charge on any atom is -0.294 e. The predicted molar refractivity (Wildman–Crippen MR) is 87.9 cm³/mol. The van der Waals surface area contributed by atoms with Crippen molar-refractivity contribution in [1.29, 1.82) is 0 Å². The van der Waals surface area contributed by atoms with Gasteiger partial charge in [-0.05, 0) is 12.1 Å². The number of carbonyl (C=O) groups is 1. The first-order valence-corrected chi connectivity index (χ1v) is 10.2. The Balaban J connectivity index is 1.99. The van der Waals surface area contributed by atoms with Crippen LogP contribution in [0.2, 0.25) is 5.02 Å². The van der Waals surface area contributed by atoms with Crippen LogP contribution in [0.4, 0.5) is 0 Å². The Morgan fingerprint density at radius 1 is 1.48 bits per heavy atom. The first-order chi connectivity index (χ1) is 9.88. The molecule has 7 heteroatoms. The van der Waals surface area contributed by atoms with Crippen LogP contribution in [0.25, 0.3) is 0 Å². The molecule has 0 aliphatic carbocycles. The van der Waals surface area contributed by atoms with Gasteiger partial charge in [0.25, 0.3) is 0 Å². The topological polar surface area (TPSA) is 54.5 Å². The quantitative estimate of drug-likeness (QED) is 0.765. The van der Waals surface area contributed by atoms with E-state index in [1.54, 1.807) is 36.0 Å². The molecule has 21 heavy (non-hydrogen) atoms. The van der Waals surface area contributed by atoms with E-state index >= 15 is 0 Å². The molecule has 1 atom stereocenters. The molecule has 0 radical (unpaired) electrons. The van der Waals surface area contributed by atoms with Crippen molar-refractivity contribution in [2.75, 3.05) is 30.9 Å². The predicted octanol–water partition coefficient (Wildman–Crippen LogP) is 2.33. The van der Waals surface area contributed by atoms with E-state index in [2.05, 4.69) is 0 Å². The van der Waals surface area contributed by atoms with E-state index in [4.69, 9.17) is 11.6 Å². The lowest BCUT2D eigenvalue weighted by Crippen LogP contribution is -2.47. The fraction of sp³-hybridized carbons (Fsp3) is 0.500. The third-order valence-electron chi connectivity index (χ3n) is 3.46. The van der Waals surface area contributed by atoms with Crippen molar-refractivity contribution in [3.8, 4) is 0 Å². The van der Waals surface area contributed by atoms with E-state index in [0.29, 0.717) is 35.8 Å². The highest BCUT2D eigenvalue weighted by molar-refractivity contribution is 8.00. The van der Waals surface area contributed by atoms with Gasteiger partial charge in [0, 0.05) is 47.9 Å². The van der Waals surface area contributed by atoms with Gasteiger partial charge in [-0.3, -0.25) is 9.69 Å². The number of ketones is 1. The monoisotopic (exact) mass is 347 g/mol. The van der Waals surface area contributed by atoms with Gasteiger partial charge in [0.15, 0.2) is 15.6 Å². The number of thioether (sulfide) groups is 1. The number of halogens is 1. The molecule has 0 spiro atoms. The molecule has 1 aliphatic rings. The summed E-state index contributed by atoms with van der Waals surface area (Å²) >= 11 is 7.52. The molecule has 0 N–H and O–H groups in total. The molecular formula is C14H18ClNO3S2. The average molecular weight is 348 g/mol. The Morgan fingerprint density at radius 3 is 2.90 bits per heavy atom. The molecule has 1 aromatic carbocycles. The maximum Gasteiger partial charge on any atom is 0.164 e. The first-order valence-electron chi connectivity index (χ1n) is 6.67. The van der Waals surface area contributed by atoms with Crippen molar-refractivity contribution < 1.29 is 13.2 Å². The summed E-state index contributed by atoms with van der Waals surface area (Å²) < 4.78 is 23.6. The lowest BCUT2D eigenvalue weighted by molar-refractivity contribution is 0.0963. The van der Waals surface area contributed by atoms with Crippen LogP contribution in [0.15, 0.2) is 24.3 Å². The molecule has 1 fully saturated rings. The van der Waals surface area contributed by atoms with E-state index in [0.717, 1.165) is 5.75 Å². The summed E-state index contributed by atoms with van der Waals surface area (Å²) in [5, 5.41) is 0.0487. The molecule has 0 saturated carbocycles. The Kier molecular flexibility index (Phi) is 5.71. The highest BCUT2D eigenvalue weighted by Crippen LogP contribution is 2.21. The summed E-state index contributed by atoms with van der Waals surface area (Å²) in [5.74, 6) is 1.46. The molecule has 4 nitrogen and oxygen atoms in total. The molecule has 116 valence electrons. The van der Waals surface area contributed by atoms with Crippen LogP contribution < -0.4 is 0 Å². The van der Waals surface area contributed by atoms with Gasteiger partial charge in [-0.2, -0.15) is 11.8 Å². The molecule has 0 amide bonds. The minimum absolute atomic E-state index is 0.0111. The third-order valence-corrected chi connectivity index (χ3v) is 6.38. The summed E-state index contributed by atoms with van der Waals surface area (Å²) in [7, 11) is -3.12. The highest BCUT2D eigenvalue weighted by Gasteiger charge is 2.30. The molecule has 0 aromatic heterocycles. The molecule has 1 aliphatic heterocycles. The molecule has 1 unspecified atom stereocenters. The van der Waals surface area contributed by atoms with Gasteiger partial charge in [-0.15, -0.1) is 0 Å². The van der Waals surface area contributed by atoms with Crippen LogP contribution in [0, 0.1) is 0 Å². The van der Waals surface area contributed by atoms with Crippen molar-refractivity contribution in [3.63, 3.8) is 0 Å². The van der Waals surface area contributed by atoms with Crippen molar-refractivity contribution in [3.05, 3.63) is 34.9 Å². The van der Waals surface area contributed by atoms with Gasteiger partial charge in [0.1, 0.15) is 5.37 Å². The van der Waals surface area contributed by atoms with Gasteiger partial charge < -0.3 is 0 Å². The van der Waals surface area contributed by atoms with E-state index in [-0.39, 0.29) is 5.78 Å². The van der Waals surface area contributed by atoms with Crippen LogP contribution in [-0.4, -0.2) is 55.3 Å². The largest absolute Gasteiger partial charge is 0.294 e. The number of sulfone groups is 1. The second-order valence-corrected chi connectivity index (χ2v) is 8.87. The average Bonchev–Trinajstić information content (AvgIpc) is 2.44. The smallest absolute Gasteiger partial charge is 0.164 e. The summed E-state index contributed by atoms with van der Waals surface area (Å²) in [5.41, 5.74) is 0.574. The number of nitrogens with zero attached hydrogens (tertiary/aromatic N) is 1. The number of benzene rings is 1. The zero-order chi connectivity index (χ0) is 15.5. The van der Waals surface area contributed by atoms with Crippen molar-refractivity contribution in [2.24, 2.45) is 0 Å². The maximum absolute atomic E-state index is 12.2. The number of hydrogen-bond donors (Lipinski definition) is 0. The summed E-state index contributed by atoms with van der Waals surface area (Å²) in [6, 6.07) is 6.84. The summed E-state index contributed by atoms with van der Waals surface area (Å²) in [6.07, 6.45) is 1.56. The van der Waals surface area contributed by atoms with Crippen molar-refractivity contribution in [1.82, 2.24) is 4.90 Å².